The highest BCUT2D eigenvalue weighted by molar-refractivity contribution is 5.78. The molecule has 13 heteroatoms. The first-order valence-corrected chi connectivity index (χ1v) is 48.2. The van der Waals surface area contributed by atoms with Crippen LogP contribution in [0.5, 0.6) is 34.5 Å². The monoisotopic (exact) mass is 1650 g/mol. The number of ketones is 1. The van der Waals surface area contributed by atoms with Crippen molar-refractivity contribution in [2.45, 2.75) is 342 Å². The van der Waals surface area contributed by atoms with Crippen LogP contribution < -0.4 is 28.4 Å². The second-order valence-electron chi connectivity index (χ2n) is 36.2. The summed E-state index contributed by atoms with van der Waals surface area (Å²) in [6.45, 7) is 17.5. The molecule has 6 aliphatic rings. The minimum Gasteiger partial charge on any atom is -0.493 e. The van der Waals surface area contributed by atoms with Crippen LogP contribution in [0.2, 0.25) is 0 Å². The highest BCUT2D eigenvalue weighted by atomic mass is 16.5. The third-order valence-corrected chi connectivity index (χ3v) is 24.8. The maximum Gasteiger partial charge on any atom is 0.129 e. The molecule has 0 radical (unpaired) electrons. The van der Waals surface area contributed by atoms with E-state index in [4.69, 9.17) is 38.6 Å². The molecule has 12 rings (SSSR count). The molecule has 0 aliphatic heterocycles. The summed E-state index contributed by atoms with van der Waals surface area (Å²) in [5.74, 6) is 10.3. The number of ether oxygens (including phenoxy) is 7. The quantitative estimate of drug-likeness (QED) is 0.0212. The highest BCUT2D eigenvalue weighted by Gasteiger charge is 2.21. The van der Waals surface area contributed by atoms with Crippen molar-refractivity contribution in [3.05, 3.63) is 179 Å². The summed E-state index contributed by atoms with van der Waals surface area (Å²) in [7, 11) is 4.05. The maximum absolute atomic E-state index is 10.9. The highest BCUT2D eigenvalue weighted by Crippen LogP contribution is 2.34. The summed E-state index contributed by atoms with van der Waals surface area (Å²) in [5, 5.41) is 38.1. The van der Waals surface area contributed by atoms with E-state index in [1.54, 1.807) is 6.92 Å². The molecule has 3 atom stereocenters. The standard InChI is InChI=1S/C19H28O3.C18H29NO2.C18H28O2.C18H28O.C17H25NO.C17H26O2/c1-15(20)7-5-12-19(21)17-10-6-11-18(13-17)22-14-16-8-3-2-4-9-16;1-19(2)12-11-18(20)16-9-6-10-17(13-16)21-14-15-7-4-3-5-8-15;1-2-3-12-18(19)16-10-7-11-17(13-16)20-14-15-8-5-4-6-9-15;1-2-3-5-9-16-12-8-13-18(14-16)19-15-17-10-6-4-7-11-17;1-14(18)10-11-15-8-5-9-17(12-15)19-13-16-6-3-2-4-7-16;1-2-11-18-13-16-9-6-10-17(12-16)19-14-15-7-4-3-5-8-15/h6,10-11,13,16,19,21H,2-5,7-9,12,14H2,1H3;6,9-10,13,15,18,20H,3-5,7-8,11-12,14H2,1-2H3;7,10-11,13,15,18-19H,2-6,8-9,12,14H2,1H3;8,12-14,17H,2-7,9-11,15H2,1H3;5,8-9,12,16,18H,2-4,6-7,10-11,13H2,1H3;6,9-10,12,15H,2-5,7-8,11,13-14H2,1H3/t19-;;;;;/m1...../s1. The fourth-order valence-electron chi connectivity index (χ4n) is 17.2. The predicted octanol–water partition coefficient (Wildman–Crippen LogP) is 27.5. The van der Waals surface area contributed by atoms with Gasteiger partial charge in [-0.15, -0.1) is 0 Å². The number of aliphatic hydroxyl groups excluding tert-OH is 3. The Labute approximate surface area is 728 Å². The van der Waals surface area contributed by atoms with Crippen LogP contribution in [-0.2, 0) is 29.0 Å². The van der Waals surface area contributed by atoms with E-state index in [-0.39, 0.29) is 11.9 Å². The molecular weight excluding hydrogens is 1490 g/mol. The Bertz CT molecular complexity index is 3510. The maximum atomic E-state index is 10.9. The number of aryl methyl sites for hydroxylation is 2. The van der Waals surface area contributed by atoms with Crippen LogP contribution in [0.4, 0.5) is 0 Å². The zero-order chi connectivity index (χ0) is 85.3. The van der Waals surface area contributed by atoms with Gasteiger partial charge in [-0.25, -0.2) is 0 Å². The van der Waals surface area contributed by atoms with E-state index >= 15 is 0 Å². The lowest BCUT2D eigenvalue weighted by atomic mass is 9.90. The molecule has 0 heterocycles. The number of benzene rings is 6. The van der Waals surface area contributed by atoms with Crippen molar-refractivity contribution in [2.75, 3.05) is 66.9 Å². The van der Waals surface area contributed by atoms with Gasteiger partial charge in [0.25, 0.3) is 0 Å². The number of carbonyl (C=O) groups excluding carboxylic acids is 1. The molecule has 6 fully saturated rings. The molecule has 6 aromatic carbocycles. The van der Waals surface area contributed by atoms with Crippen LogP contribution in [0.3, 0.4) is 0 Å². The number of rotatable bonds is 42. The fourth-order valence-corrected chi connectivity index (χ4v) is 17.2. The minimum atomic E-state index is -0.516. The molecule has 0 spiro atoms. The molecule has 0 bridgehead atoms. The number of hydrogen-bond acceptors (Lipinski definition) is 13. The first-order chi connectivity index (χ1) is 58.6. The number of unbranched alkanes of at least 4 members (excludes halogenated alkanes) is 3. The van der Waals surface area contributed by atoms with Crippen LogP contribution >= 0.6 is 0 Å². The van der Waals surface area contributed by atoms with Gasteiger partial charge >= 0.3 is 0 Å². The summed E-state index contributed by atoms with van der Waals surface area (Å²) in [6.07, 6.45) is 52.7. The van der Waals surface area contributed by atoms with Gasteiger partial charge in [0.2, 0.25) is 0 Å². The molecule has 4 N–H and O–H groups in total. The fraction of sp³-hybridized carbons (Fsp3) is 0.645. The SMILES string of the molecule is CC(=N)CCc1cccc(OCC2CCCCC2)c1.CC(=O)CCC[C@@H](O)c1cccc(OCC2CCCCC2)c1.CCCCC(O)c1cccc(OCC2CCCCC2)c1.CCCCCc1cccc(OCC2CCCCC2)c1.CCCOCc1cccc(OCC2CCCCC2)c1.CN(C)CCC(O)c1cccc(OCC2CCCCC2)c1. The normalized spacial score (nSPS) is 17.1. The first-order valence-electron chi connectivity index (χ1n) is 48.2. The minimum absolute atomic E-state index is 0.178. The Kier molecular flexibility index (Phi) is 52.2. The van der Waals surface area contributed by atoms with E-state index in [9.17, 15) is 20.1 Å². The van der Waals surface area contributed by atoms with Crippen LogP contribution in [0.25, 0.3) is 0 Å². The van der Waals surface area contributed by atoms with Gasteiger partial charge in [0.15, 0.2) is 0 Å². The Balaban J connectivity index is 0.000000199. The van der Waals surface area contributed by atoms with Crippen molar-refractivity contribution in [3.63, 3.8) is 0 Å². The predicted molar refractivity (Wildman–Crippen MR) is 498 cm³/mol. The topological polar surface area (TPSA) is 169 Å². The van der Waals surface area contributed by atoms with Crippen molar-refractivity contribution in [3.8, 4) is 34.5 Å². The third-order valence-electron chi connectivity index (χ3n) is 24.8. The number of nitrogens with one attached hydrogen (secondary N) is 1. The summed E-state index contributed by atoms with van der Waals surface area (Å²) in [6, 6.07) is 49.0. The van der Waals surface area contributed by atoms with Gasteiger partial charge in [-0.1, -0.05) is 235 Å². The summed E-state index contributed by atoms with van der Waals surface area (Å²) in [5.41, 5.74) is 7.47. The number of hydrogen-bond donors (Lipinski definition) is 4. The molecule has 6 aliphatic carbocycles. The largest absolute Gasteiger partial charge is 0.493 e. The van der Waals surface area contributed by atoms with Gasteiger partial charge in [0.05, 0.1) is 64.6 Å². The molecule has 13 nitrogen and oxygen atoms in total. The first kappa shape index (κ1) is 100. The molecule has 668 valence electrons. The third kappa shape index (κ3) is 45.1. The molecule has 0 saturated heterocycles. The van der Waals surface area contributed by atoms with Gasteiger partial charge < -0.3 is 63.6 Å². The van der Waals surface area contributed by atoms with E-state index in [1.807, 2.05) is 106 Å². The zero-order valence-corrected chi connectivity index (χ0v) is 76.1. The molecule has 0 amide bonds. The number of aliphatic hydroxyl groups is 3. The van der Waals surface area contributed by atoms with Gasteiger partial charge in [-0.3, -0.25) is 0 Å². The molecular formula is C107H164N2O11. The van der Waals surface area contributed by atoms with Crippen molar-refractivity contribution >= 4 is 11.5 Å². The average Bonchev–Trinajstić information content (AvgIpc) is 0.846. The van der Waals surface area contributed by atoms with Crippen molar-refractivity contribution < 1.29 is 53.3 Å². The van der Waals surface area contributed by atoms with E-state index in [2.05, 4.69) is 86.3 Å². The van der Waals surface area contributed by atoms with E-state index in [0.717, 1.165) is 185 Å². The molecule has 0 aromatic heterocycles. The molecule has 120 heavy (non-hydrogen) atoms. The van der Waals surface area contributed by atoms with Crippen molar-refractivity contribution in [1.82, 2.24) is 4.90 Å². The summed E-state index contributed by atoms with van der Waals surface area (Å²) < 4.78 is 41.2. The van der Waals surface area contributed by atoms with Gasteiger partial charge in [-0.2, -0.15) is 0 Å². The number of carbonyl (C=O) groups is 1. The van der Waals surface area contributed by atoms with Gasteiger partial charge in [0.1, 0.15) is 40.3 Å². The lowest BCUT2D eigenvalue weighted by Crippen LogP contribution is -2.16. The summed E-state index contributed by atoms with van der Waals surface area (Å²) in [4.78, 5) is 13.0. The Morgan fingerprint density at radius 1 is 0.358 bits per heavy atom. The van der Waals surface area contributed by atoms with E-state index in [0.29, 0.717) is 31.3 Å². The number of Topliss-reactive ketones (excluding diaryl/α,β-unsaturated/α-hetero) is 1. The van der Waals surface area contributed by atoms with Gasteiger partial charge in [-0.05, 0) is 304 Å². The molecule has 6 aromatic rings. The lowest BCUT2D eigenvalue weighted by molar-refractivity contribution is -0.117. The van der Waals surface area contributed by atoms with Gasteiger partial charge in [0, 0.05) is 25.3 Å². The molecule has 2 unspecified atom stereocenters. The van der Waals surface area contributed by atoms with Crippen LogP contribution in [-0.4, -0.2) is 98.6 Å². The van der Waals surface area contributed by atoms with Crippen molar-refractivity contribution in [2.24, 2.45) is 35.5 Å². The lowest BCUT2D eigenvalue weighted by Gasteiger charge is -2.22. The van der Waals surface area contributed by atoms with Crippen LogP contribution in [0, 0.1) is 40.9 Å². The molecule has 6 saturated carbocycles. The zero-order valence-electron chi connectivity index (χ0n) is 76.1. The smallest absolute Gasteiger partial charge is 0.129 e. The second kappa shape index (κ2) is 62.4. The van der Waals surface area contributed by atoms with E-state index < -0.39 is 12.2 Å². The average molecular weight is 1650 g/mol. The van der Waals surface area contributed by atoms with Crippen LogP contribution in [0.15, 0.2) is 146 Å². The summed E-state index contributed by atoms with van der Waals surface area (Å²) >= 11 is 0. The Morgan fingerprint density at radius 2 is 0.658 bits per heavy atom. The Morgan fingerprint density at radius 3 is 0.975 bits per heavy atom. The number of nitrogens with zero attached hydrogens (tertiary/aromatic N) is 1. The Hall–Kier alpha value is -6.74. The van der Waals surface area contributed by atoms with Crippen molar-refractivity contribution in [1.29, 1.82) is 5.41 Å². The van der Waals surface area contributed by atoms with E-state index in [1.165, 1.54) is 235 Å². The second-order valence-corrected chi connectivity index (χ2v) is 36.2. The van der Waals surface area contributed by atoms with Crippen LogP contribution in [0.1, 0.15) is 356 Å².